The Kier molecular flexibility index (Phi) is 4.07. The Hall–Kier alpha value is -1.71. The van der Waals surface area contributed by atoms with Gasteiger partial charge in [-0.3, -0.25) is 4.90 Å². The largest absolute Gasteiger partial charge is 0.382 e. The molecule has 1 aliphatic heterocycles. The van der Waals surface area contributed by atoms with Crippen LogP contribution in [0.4, 0.5) is 16.2 Å². The highest BCUT2D eigenvalue weighted by Crippen LogP contribution is 2.20. The molecule has 0 atom stereocenters. The molecule has 98 valence electrons. The summed E-state index contributed by atoms with van der Waals surface area (Å²) in [4.78, 5) is 13.3. The van der Waals surface area contributed by atoms with Crippen molar-refractivity contribution in [3.63, 3.8) is 0 Å². The van der Waals surface area contributed by atoms with Crippen molar-refractivity contribution in [3.05, 3.63) is 24.3 Å². The van der Waals surface area contributed by atoms with Gasteiger partial charge in [0.2, 0.25) is 0 Å². The Bertz CT molecular complexity index is 398. The van der Waals surface area contributed by atoms with E-state index in [-0.39, 0.29) is 6.03 Å². The van der Waals surface area contributed by atoms with Crippen molar-refractivity contribution >= 4 is 17.4 Å². The molecule has 0 unspecified atom stereocenters. The molecule has 1 aromatic carbocycles. The first-order valence-electron chi connectivity index (χ1n) is 6.66. The third-order valence-electron chi connectivity index (χ3n) is 3.39. The number of carbonyl (C=O) groups is 1. The molecule has 0 aliphatic carbocycles. The molecule has 0 radical (unpaired) electrons. The molecule has 2 rings (SSSR count). The maximum absolute atomic E-state index is 11.5. The summed E-state index contributed by atoms with van der Waals surface area (Å²) in [5, 5.41) is 6.29. The molecular weight excluding hydrogens is 226 g/mol. The van der Waals surface area contributed by atoms with E-state index in [1.54, 1.807) is 4.90 Å². The summed E-state index contributed by atoms with van der Waals surface area (Å²) < 4.78 is 0. The van der Waals surface area contributed by atoms with Crippen LogP contribution in [0.1, 0.15) is 26.7 Å². The van der Waals surface area contributed by atoms with Gasteiger partial charge in [0.1, 0.15) is 0 Å². The molecular formula is C14H21N3O. The second kappa shape index (κ2) is 5.76. The Balaban J connectivity index is 2.03. The van der Waals surface area contributed by atoms with Crippen LogP contribution < -0.4 is 15.5 Å². The van der Waals surface area contributed by atoms with Gasteiger partial charge in [-0.1, -0.05) is 13.8 Å². The van der Waals surface area contributed by atoms with Crippen molar-refractivity contribution in [2.75, 3.05) is 23.3 Å². The number of hydrogen-bond acceptors (Lipinski definition) is 2. The van der Waals surface area contributed by atoms with Crippen LogP contribution in [-0.2, 0) is 0 Å². The van der Waals surface area contributed by atoms with Gasteiger partial charge in [-0.25, -0.2) is 4.79 Å². The van der Waals surface area contributed by atoms with E-state index in [4.69, 9.17) is 0 Å². The fourth-order valence-corrected chi connectivity index (χ4v) is 2.18. The zero-order chi connectivity index (χ0) is 13.0. The highest BCUT2D eigenvalue weighted by molar-refractivity contribution is 5.94. The number of urea groups is 1. The van der Waals surface area contributed by atoms with Gasteiger partial charge in [-0.2, -0.15) is 0 Å². The molecule has 1 aliphatic rings. The molecule has 0 bridgehead atoms. The van der Waals surface area contributed by atoms with Gasteiger partial charge in [-0.15, -0.1) is 0 Å². The molecule has 0 saturated carbocycles. The molecule has 4 nitrogen and oxygen atoms in total. The number of amides is 2. The van der Waals surface area contributed by atoms with E-state index in [1.807, 2.05) is 24.3 Å². The van der Waals surface area contributed by atoms with Gasteiger partial charge in [0, 0.05) is 30.5 Å². The summed E-state index contributed by atoms with van der Waals surface area (Å²) in [6.45, 7) is 5.85. The van der Waals surface area contributed by atoms with Gasteiger partial charge in [0.15, 0.2) is 0 Å². The van der Waals surface area contributed by atoms with Crippen LogP contribution in [0, 0.1) is 0 Å². The minimum Gasteiger partial charge on any atom is -0.382 e. The minimum atomic E-state index is -0.00398. The number of hydrogen-bond donors (Lipinski definition) is 2. The van der Waals surface area contributed by atoms with Gasteiger partial charge in [0.25, 0.3) is 0 Å². The topological polar surface area (TPSA) is 44.4 Å². The van der Waals surface area contributed by atoms with Crippen LogP contribution >= 0.6 is 0 Å². The van der Waals surface area contributed by atoms with Crippen LogP contribution in [0.25, 0.3) is 0 Å². The van der Waals surface area contributed by atoms with Gasteiger partial charge in [-0.05, 0) is 37.1 Å². The summed E-state index contributed by atoms with van der Waals surface area (Å²) in [6.07, 6.45) is 2.24. The molecule has 2 N–H and O–H groups in total. The lowest BCUT2D eigenvalue weighted by Gasteiger charge is -2.18. The molecule has 1 saturated heterocycles. The van der Waals surface area contributed by atoms with Crippen LogP contribution in [0.3, 0.4) is 0 Å². The molecule has 4 heteroatoms. The molecule has 1 fully saturated rings. The van der Waals surface area contributed by atoms with E-state index >= 15 is 0 Å². The third kappa shape index (κ3) is 2.75. The first-order valence-corrected chi connectivity index (χ1v) is 6.66. The molecule has 2 amide bonds. The summed E-state index contributed by atoms with van der Waals surface area (Å²) >= 11 is 0. The van der Waals surface area contributed by atoms with Gasteiger partial charge < -0.3 is 10.6 Å². The molecule has 1 heterocycles. The smallest absolute Gasteiger partial charge is 0.321 e. The van der Waals surface area contributed by atoms with Crippen LogP contribution in [0.15, 0.2) is 24.3 Å². The molecule has 0 aromatic heterocycles. The van der Waals surface area contributed by atoms with Crippen molar-refractivity contribution in [1.29, 1.82) is 0 Å². The van der Waals surface area contributed by atoms with Crippen molar-refractivity contribution in [1.82, 2.24) is 5.32 Å². The quantitative estimate of drug-likeness (QED) is 0.840. The maximum Gasteiger partial charge on any atom is 0.321 e. The number of anilines is 2. The van der Waals surface area contributed by atoms with Crippen LogP contribution in [0.2, 0.25) is 0 Å². The zero-order valence-corrected chi connectivity index (χ0v) is 11.1. The maximum atomic E-state index is 11.5. The van der Waals surface area contributed by atoms with E-state index in [0.29, 0.717) is 6.04 Å². The lowest BCUT2D eigenvalue weighted by Crippen LogP contribution is -2.27. The standard InChI is InChI=1S/C14H21N3O/c1-3-11(4-2)16-12-5-7-13(8-6-12)17-10-9-15-14(17)18/h5-8,11,16H,3-4,9-10H2,1-2H3,(H,15,18). The summed E-state index contributed by atoms with van der Waals surface area (Å²) in [6, 6.07) is 8.59. The number of carbonyl (C=O) groups excluding carboxylic acids is 1. The Morgan fingerprint density at radius 2 is 1.94 bits per heavy atom. The lowest BCUT2D eigenvalue weighted by molar-refractivity contribution is 0.252. The lowest BCUT2D eigenvalue weighted by atomic mass is 10.1. The van der Waals surface area contributed by atoms with E-state index in [0.717, 1.165) is 37.3 Å². The first-order chi connectivity index (χ1) is 8.74. The van der Waals surface area contributed by atoms with Crippen LogP contribution in [-0.4, -0.2) is 25.2 Å². The van der Waals surface area contributed by atoms with E-state index in [2.05, 4.69) is 24.5 Å². The fourth-order valence-electron chi connectivity index (χ4n) is 2.18. The Morgan fingerprint density at radius 3 is 2.44 bits per heavy atom. The molecule has 0 spiro atoms. The Labute approximate surface area is 108 Å². The molecule has 18 heavy (non-hydrogen) atoms. The van der Waals surface area contributed by atoms with Crippen molar-refractivity contribution < 1.29 is 4.79 Å². The predicted octanol–water partition coefficient (Wildman–Crippen LogP) is 2.82. The van der Waals surface area contributed by atoms with E-state index in [9.17, 15) is 4.79 Å². The predicted molar refractivity (Wildman–Crippen MR) is 75.2 cm³/mol. The van der Waals surface area contributed by atoms with Gasteiger partial charge in [0.05, 0.1) is 0 Å². The van der Waals surface area contributed by atoms with Gasteiger partial charge >= 0.3 is 6.03 Å². The SMILES string of the molecule is CCC(CC)Nc1ccc(N2CCNC2=O)cc1. The number of rotatable bonds is 5. The number of nitrogens with one attached hydrogen (secondary N) is 2. The minimum absolute atomic E-state index is 0.00398. The average molecular weight is 247 g/mol. The normalized spacial score (nSPS) is 15.1. The second-order valence-electron chi connectivity index (χ2n) is 4.59. The van der Waals surface area contributed by atoms with E-state index in [1.165, 1.54) is 0 Å². The second-order valence-corrected chi connectivity index (χ2v) is 4.59. The van der Waals surface area contributed by atoms with Crippen molar-refractivity contribution in [2.24, 2.45) is 0 Å². The highest BCUT2D eigenvalue weighted by atomic mass is 16.2. The average Bonchev–Trinajstić information content (AvgIpc) is 2.83. The summed E-state index contributed by atoms with van der Waals surface area (Å²) in [5.41, 5.74) is 2.08. The van der Waals surface area contributed by atoms with E-state index < -0.39 is 0 Å². The summed E-state index contributed by atoms with van der Waals surface area (Å²) in [7, 11) is 0. The van der Waals surface area contributed by atoms with Crippen LogP contribution in [0.5, 0.6) is 0 Å². The summed E-state index contributed by atoms with van der Waals surface area (Å²) in [5.74, 6) is 0. The van der Waals surface area contributed by atoms with Crippen molar-refractivity contribution in [2.45, 2.75) is 32.7 Å². The highest BCUT2D eigenvalue weighted by Gasteiger charge is 2.20. The molecule has 1 aromatic rings. The number of nitrogens with zero attached hydrogens (tertiary/aromatic N) is 1. The first kappa shape index (κ1) is 12.7. The fraction of sp³-hybridized carbons (Fsp3) is 0.500. The Morgan fingerprint density at radius 1 is 1.28 bits per heavy atom. The monoisotopic (exact) mass is 247 g/mol. The third-order valence-corrected chi connectivity index (χ3v) is 3.39. The zero-order valence-electron chi connectivity index (χ0n) is 11.1. The number of benzene rings is 1. The van der Waals surface area contributed by atoms with Crippen molar-refractivity contribution in [3.8, 4) is 0 Å².